The fourth-order valence-electron chi connectivity index (χ4n) is 2.23. The molecule has 0 saturated heterocycles. The lowest BCUT2D eigenvalue weighted by atomic mass is 10.2. The van der Waals surface area contributed by atoms with Crippen molar-refractivity contribution >= 4 is 16.5 Å². The van der Waals surface area contributed by atoms with E-state index in [-0.39, 0.29) is 11.6 Å². The summed E-state index contributed by atoms with van der Waals surface area (Å²) in [4.78, 5) is 12.6. The summed E-state index contributed by atoms with van der Waals surface area (Å²) in [5.74, 6) is 0. The van der Waals surface area contributed by atoms with Gasteiger partial charge in [0, 0.05) is 18.3 Å². The van der Waals surface area contributed by atoms with Gasteiger partial charge in [0.25, 0.3) is 5.56 Å². The second kappa shape index (κ2) is 6.85. The quantitative estimate of drug-likeness (QED) is 0.830. The molecule has 0 amide bonds. The Balaban J connectivity index is 2.31. The molecule has 0 aliphatic carbocycles. The second-order valence-electron chi connectivity index (χ2n) is 5.35. The summed E-state index contributed by atoms with van der Waals surface area (Å²) >= 11 is 1.43. The number of aromatic nitrogens is 3. The van der Waals surface area contributed by atoms with E-state index in [9.17, 15) is 4.79 Å². The van der Waals surface area contributed by atoms with Crippen LogP contribution in [0.3, 0.4) is 0 Å². The molecule has 1 N–H and O–H groups in total. The minimum absolute atomic E-state index is 0.00116. The standard InChI is InChI=1S/C15H22N4OS/c1-5-6-9-16-15-18-17-13(21-15)12-8-7-11(4)19(10(2)3)14(12)20/h7-8,10H,5-6,9H2,1-4H3,(H,16,18). The van der Waals surface area contributed by atoms with Crippen LogP contribution >= 0.6 is 11.3 Å². The maximum Gasteiger partial charge on any atom is 0.261 e. The van der Waals surface area contributed by atoms with E-state index in [0.29, 0.717) is 10.6 Å². The SMILES string of the molecule is CCCCNc1nnc(-c2ccc(C)n(C(C)C)c2=O)s1. The van der Waals surface area contributed by atoms with E-state index in [1.165, 1.54) is 11.3 Å². The normalized spacial score (nSPS) is 11.1. The highest BCUT2D eigenvalue weighted by Gasteiger charge is 2.14. The van der Waals surface area contributed by atoms with E-state index in [2.05, 4.69) is 22.4 Å². The van der Waals surface area contributed by atoms with Crippen LogP contribution in [0.5, 0.6) is 0 Å². The second-order valence-corrected chi connectivity index (χ2v) is 6.33. The summed E-state index contributed by atoms with van der Waals surface area (Å²) in [6, 6.07) is 3.93. The molecule has 2 heterocycles. The Bertz CT molecular complexity index is 660. The van der Waals surface area contributed by atoms with Crippen molar-refractivity contribution in [3.05, 3.63) is 28.2 Å². The first-order valence-corrected chi connectivity index (χ1v) is 8.16. The van der Waals surface area contributed by atoms with Gasteiger partial charge >= 0.3 is 0 Å². The maximum atomic E-state index is 12.6. The molecule has 0 saturated carbocycles. The van der Waals surface area contributed by atoms with Gasteiger partial charge in [-0.3, -0.25) is 4.79 Å². The van der Waals surface area contributed by atoms with Gasteiger partial charge in [0.2, 0.25) is 5.13 Å². The van der Waals surface area contributed by atoms with Crippen LogP contribution < -0.4 is 10.9 Å². The zero-order valence-electron chi connectivity index (χ0n) is 13.0. The van der Waals surface area contributed by atoms with E-state index in [1.54, 1.807) is 4.57 Å². The number of hydrogen-bond acceptors (Lipinski definition) is 5. The summed E-state index contributed by atoms with van der Waals surface area (Å²) in [6.07, 6.45) is 2.23. The first-order valence-electron chi connectivity index (χ1n) is 7.34. The number of pyridine rings is 1. The smallest absolute Gasteiger partial charge is 0.261 e. The van der Waals surface area contributed by atoms with E-state index >= 15 is 0 Å². The van der Waals surface area contributed by atoms with Crippen LogP contribution in [-0.4, -0.2) is 21.3 Å². The lowest BCUT2D eigenvalue weighted by Crippen LogP contribution is -2.25. The molecule has 21 heavy (non-hydrogen) atoms. The van der Waals surface area contributed by atoms with Crippen LogP contribution in [-0.2, 0) is 0 Å². The predicted molar refractivity (Wildman–Crippen MR) is 88.1 cm³/mol. The van der Waals surface area contributed by atoms with Gasteiger partial charge in [0.15, 0.2) is 5.01 Å². The molecule has 0 bridgehead atoms. The lowest BCUT2D eigenvalue weighted by Gasteiger charge is -2.14. The van der Waals surface area contributed by atoms with E-state index in [0.717, 1.165) is 30.2 Å². The van der Waals surface area contributed by atoms with Gasteiger partial charge in [0.05, 0.1) is 5.56 Å². The molecule has 0 atom stereocenters. The van der Waals surface area contributed by atoms with E-state index in [4.69, 9.17) is 0 Å². The average Bonchev–Trinajstić information content (AvgIpc) is 2.87. The average molecular weight is 306 g/mol. The van der Waals surface area contributed by atoms with Gasteiger partial charge in [-0.2, -0.15) is 0 Å². The molecular weight excluding hydrogens is 284 g/mol. The Hall–Kier alpha value is -1.69. The minimum Gasteiger partial charge on any atom is -0.360 e. The Morgan fingerprint density at radius 3 is 2.76 bits per heavy atom. The number of nitrogens with one attached hydrogen (secondary N) is 1. The maximum absolute atomic E-state index is 12.6. The highest BCUT2D eigenvalue weighted by Crippen LogP contribution is 2.24. The van der Waals surface area contributed by atoms with Crippen molar-refractivity contribution in [1.29, 1.82) is 0 Å². The first-order chi connectivity index (χ1) is 10.0. The van der Waals surface area contributed by atoms with Gasteiger partial charge in [0.1, 0.15) is 0 Å². The summed E-state index contributed by atoms with van der Waals surface area (Å²) in [5.41, 5.74) is 1.58. The van der Waals surface area contributed by atoms with Gasteiger partial charge in [-0.05, 0) is 39.3 Å². The molecule has 0 aliphatic heterocycles. The fourth-order valence-corrected chi connectivity index (χ4v) is 3.01. The molecule has 114 valence electrons. The van der Waals surface area contributed by atoms with Crippen molar-refractivity contribution in [1.82, 2.24) is 14.8 Å². The van der Waals surface area contributed by atoms with Crippen molar-refractivity contribution in [3.8, 4) is 10.6 Å². The third-order valence-corrected chi connectivity index (χ3v) is 4.21. The minimum atomic E-state index is 0.00116. The highest BCUT2D eigenvalue weighted by atomic mass is 32.1. The molecule has 5 nitrogen and oxygen atoms in total. The largest absolute Gasteiger partial charge is 0.360 e. The molecule has 0 aromatic carbocycles. The number of nitrogens with zero attached hydrogens (tertiary/aromatic N) is 3. The molecule has 0 radical (unpaired) electrons. The number of unbranched alkanes of at least 4 members (excludes halogenated alkanes) is 1. The third kappa shape index (κ3) is 3.50. The number of anilines is 1. The molecule has 0 fully saturated rings. The summed E-state index contributed by atoms with van der Waals surface area (Å²) in [6.45, 7) is 9.00. The zero-order valence-corrected chi connectivity index (χ0v) is 13.8. The lowest BCUT2D eigenvalue weighted by molar-refractivity contribution is 0.564. The zero-order chi connectivity index (χ0) is 15.4. The molecule has 2 aromatic rings. The Kier molecular flexibility index (Phi) is 5.12. The summed E-state index contributed by atoms with van der Waals surface area (Å²) in [5, 5.41) is 12.9. The number of rotatable bonds is 6. The Morgan fingerprint density at radius 1 is 1.33 bits per heavy atom. The third-order valence-electron chi connectivity index (χ3n) is 3.30. The van der Waals surface area contributed by atoms with Crippen LogP contribution in [0.2, 0.25) is 0 Å². The monoisotopic (exact) mass is 306 g/mol. The summed E-state index contributed by atoms with van der Waals surface area (Å²) < 4.78 is 1.79. The molecule has 6 heteroatoms. The van der Waals surface area contributed by atoms with Crippen LogP contribution in [0.1, 0.15) is 45.3 Å². The fraction of sp³-hybridized carbons (Fsp3) is 0.533. The van der Waals surface area contributed by atoms with Crippen LogP contribution in [0.4, 0.5) is 5.13 Å². The topological polar surface area (TPSA) is 59.8 Å². The molecule has 0 spiro atoms. The van der Waals surface area contributed by atoms with Crippen molar-refractivity contribution in [2.75, 3.05) is 11.9 Å². The number of aryl methyl sites for hydroxylation is 1. The van der Waals surface area contributed by atoms with Gasteiger partial charge in [-0.15, -0.1) is 10.2 Å². The molecule has 2 rings (SSSR count). The number of hydrogen-bond donors (Lipinski definition) is 1. The molecular formula is C15H22N4OS. The molecule has 2 aromatic heterocycles. The van der Waals surface area contributed by atoms with E-state index < -0.39 is 0 Å². The Labute approximate surface area is 129 Å². The first kappa shape index (κ1) is 15.7. The van der Waals surface area contributed by atoms with Crippen molar-refractivity contribution in [3.63, 3.8) is 0 Å². The van der Waals surface area contributed by atoms with Crippen molar-refractivity contribution < 1.29 is 0 Å². The van der Waals surface area contributed by atoms with Crippen LogP contribution in [0.15, 0.2) is 16.9 Å². The van der Waals surface area contributed by atoms with Crippen LogP contribution in [0.25, 0.3) is 10.6 Å². The molecule has 0 unspecified atom stereocenters. The van der Waals surface area contributed by atoms with Gasteiger partial charge in [-0.25, -0.2) is 0 Å². The Morgan fingerprint density at radius 2 is 2.10 bits per heavy atom. The van der Waals surface area contributed by atoms with Crippen molar-refractivity contribution in [2.24, 2.45) is 0 Å². The van der Waals surface area contributed by atoms with E-state index in [1.807, 2.05) is 32.9 Å². The van der Waals surface area contributed by atoms with Gasteiger partial charge in [-0.1, -0.05) is 24.7 Å². The van der Waals surface area contributed by atoms with Crippen molar-refractivity contribution in [2.45, 2.75) is 46.6 Å². The van der Waals surface area contributed by atoms with Crippen LogP contribution in [0, 0.1) is 6.92 Å². The highest BCUT2D eigenvalue weighted by molar-refractivity contribution is 7.18. The predicted octanol–water partition coefficient (Wildman–Crippen LogP) is 3.47. The van der Waals surface area contributed by atoms with Gasteiger partial charge < -0.3 is 9.88 Å². The molecule has 0 aliphatic rings. The summed E-state index contributed by atoms with van der Waals surface area (Å²) in [7, 11) is 0.